The normalized spacial score (nSPS) is 11.7. The minimum Gasteiger partial charge on any atom is -0.505 e. The molecule has 4 aromatic carbocycles. The van der Waals surface area contributed by atoms with Crippen LogP contribution in [0.1, 0.15) is 29.8 Å². The number of azo groups is 1. The van der Waals surface area contributed by atoms with Gasteiger partial charge in [0.05, 0.1) is 17.2 Å². The smallest absolute Gasteiger partial charge is 0.296 e. The number of phenolic OH excluding ortho intramolecular Hbond substituents is 1. The predicted octanol–water partition coefficient (Wildman–Crippen LogP) is 7.73. The van der Waals surface area contributed by atoms with E-state index >= 15 is 0 Å². The highest BCUT2D eigenvalue weighted by Gasteiger charge is 2.22. The standard InChI is InChI=1S/C27H23Cl2N3O6S/c1-3-15-13-23(39(35,36)37)21(14-20(15)29)31-32-24-17-9-6-5-8-16(17)12-18(26(24)33)27(34)30-25-19(28)10-7-11-22(25)38-4-2/h5-14,33H,3-4H2,1-2H3,(H,30,34)(H,35,36,37). The van der Waals surface area contributed by atoms with Gasteiger partial charge in [0.1, 0.15) is 27.7 Å². The average molecular weight is 588 g/mol. The summed E-state index contributed by atoms with van der Waals surface area (Å²) in [4.78, 5) is 12.8. The van der Waals surface area contributed by atoms with E-state index < -0.39 is 26.7 Å². The number of hydrogen-bond donors (Lipinski definition) is 3. The number of para-hydroxylation sites is 1. The number of rotatable bonds is 8. The molecule has 0 heterocycles. The number of amides is 1. The molecule has 0 aromatic heterocycles. The van der Waals surface area contributed by atoms with Crippen molar-refractivity contribution in [1.82, 2.24) is 0 Å². The van der Waals surface area contributed by atoms with Gasteiger partial charge >= 0.3 is 0 Å². The fourth-order valence-corrected chi connectivity index (χ4v) is 5.08. The zero-order valence-corrected chi connectivity index (χ0v) is 23.1. The Hall–Kier alpha value is -3.70. The zero-order valence-electron chi connectivity index (χ0n) is 20.8. The van der Waals surface area contributed by atoms with E-state index in [9.17, 15) is 22.9 Å². The lowest BCUT2D eigenvalue weighted by Gasteiger charge is -2.15. The maximum atomic E-state index is 13.3. The number of nitrogens with zero attached hydrogens (tertiary/aromatic N) is 2. The van der Waals surface area contributed by atoms with E-state index in [1.807, 2.05) is 0 Å². The van der Waals surface area contributed by atoms with E-state index in [1.165, 1.54) is 18.2 Å². The summed E-state index contributed by atoms with van der Waals surface area (Å²) in [6.45, 7) is 3.90. The maximum absolute atomic E-state index is 13.3. The number of ether oxygens (including phenoxy) is 1. The zero-order chi connectivity index (χ0) is 28.3. The summed E-state index contributed by atoms with van der Waals surface area (Å²) < 4.78 is 39.4. The summed E-state index contributed by atoms with van der Waals surface area (Å²) in [5, 5.41) is 23.4. The van der Waals surface area contributed by atoms with Crippen LogP contribution in [-0.4, -0.2) is 30.6 Å². The summed E-state index contributed by atoms with van der Waals surface area (Å²) in [5.74, 6) is -0.856. The Balaban J connectivity index is 1.84. The van der Waals surface area contributed by atoms with Crippen molar-refractivity contribution in [3.05, 3.63) is 81.8 Å². The van der Waals surface area contributed by atoms with Crippen molar-refractivity contribution >= 4 is 67.1 Å². The third-order valence-electron chi connectivity index (χ3n) is 5.80. The number of phenols is 1. The molecule has 0 aliphatic carbocycles. The van der Waals surface area contributed by atoms with E-state index in [2.05, 4.69) is 15.5 Å². The fraction of sp³-hybridized carbons (Fsp3) is 0.148. The van der Waals surface area contributed by atoms with Gasteiger partial charge in [-0.05, 0) is 54.6 Å². The number of aryl methyl sites for hydroxylation is 1. The Kier molecular flexibility index (Phi) is 8.41. The van der Waals surface area contributed by atoms with Crippen LogP contribution in [0.4, 0.5) is 17.1 Å². The van der Waals surface area contributed by atoms with Crippen molar-refractivity contribution in [3.63, 3.8) is 0 Å². The molecule has 0 bridgehead atoms. The Morgan fingerprint density at radius 2 is 1.74 bits per heavy atom. The average Bonchev–Trinajstić information content (AvgIpc) is 2.89. The molecule has 3 N–H and O–H groups in total. The molecule has 39 heavy (non-hydrogen) atoms. The van der Waals surface area contributed by atoms with Crippen LogP contribution in [0.15, 0.2) is 75.8 Å². The third kappa shape index (κ3) is 5.99. The number of benzene rings is 4. The maximum Gasteiger partial charge on any atom is 0.296 e. The van der Waals surface area contributed by atoms with Crippen LogP contribution in [0, 0.1) is 0 Å². The van der Waals surface area contributed by atoms with Gasteiger partial charge in [0.25, 0.3) is 16.0 Å². The monoisotopic (exact) mass is 587 g/mol. The summed E-state index contributed by atoms with van der Waals surface area (Å²) >= 11 is 12.5. The van der Waals surface area contributed by atoms with Crippen molar-refractivity contribution in [2.24, 2.45) is 10.2 Å². The van der Waals surface area contributed by atoms with Crippen molar-refractivity contribution in [1.29, 1.82) is 0 Å². The number of carbonyl (C=O) groups is 1. The van der Waals surface area contributed by atoms with Crippen LogP contribution in [0.3, 0.4) is 0 Å². The van der Waals surface area contributed by atoms with Crippen LogP contribution in [-0.2, 0) is 16.5 Å². The van der Waals surface area contributed by atoms with E-state index in [1.54, 1.807) is 56.3 Å². The first-order chi connectivity index (χ1) is 18.5. The van der Waals surface area contributed by atoms with E-state index in [4.69, 9.17) is 27.9 Å². The van der Waals surface area contributed by atoms with E-state index in [0.717, 1.165) is 0 Å². The van der Waals surface area contributed by atoms with Gasteiger partial charge in [-0.15, -0.1) is 10.2 Å². The second kappa shape index (κ2) is 11.6. The number of aromatic hydroxyl groups is 1. The molecule has 0 fully saturated rings. The number of carbonyl (C=O) groups excluding carboxylic acids is 1. The van der Waals surface area contributed by atoms with Gasteiger partial charge in [-0.2, -0.15) is 8.42 Å². The third-order valence-corrected chi connectivity index (χ3v) is 7.35. The summed E-state index contributed by atoms with van der Waals surface area (Å²) in [6, 6.07) is 15.7. The molecule has 9 nitrogen and oxygen atoms in total. The molecular weight excluding hydrogens is 565 g/mol. The molecule has 0 unspecified atom stereocenters. The Labute approximate surface area is 234 Å². The summed E-state index contributed by atoms with van der Waals surface area (Å²) in [7, 11) is -4.67. The minimum absolute atomic E-state index is 0.0978. The lowest BCUT2D eigenvalue weighted by atomic mass is 10.0. The van der Waals surface area contributed by atoms with E-state index in [0.29, 0.717) is 35.1 Å². The number of anilines is 1. The second-order valence-electron chi connectivity index (χ2n) is 8.28. The van der Waals surface area contributed by atoms with Crippen molar-refractivity contribution < 1.29 is 27.6 Å². The van der Waals surface area contributed by atoms with Crippen LogP contribution in [0.25, 0.3) is 10.8 Å². The van der Waals surface area contributed by atoms with Crippen molar-refractivity contribution in [2.45, 2.75) is 25.2 Å². The first-order valence-electron chi connectivity index (χ1n) is 11.7. The Morgan fingerprint density at radius 3 is 2.44 bits per heavy atom. The molecule has 4 rings (SSSR count). The minimum atomic E-state index is -4.67. The topological polar surface area (TPSA) is 138 Å². The molecule has 0 radical (unpaired) electrons. The van der Waals surface area contributed by atoms with Crippen molar-refractivity contribution in [3.8, 4) is 11.5 Å². The van der Waals surface area contributed by atoms with Crippen molar-refractivity contribution in [2.75, 3.05) is 11.9 Å². The van der Waals surface area contributed by atoms with Crippen LogP contribution >= 0.6 is 23.2 Å². The molecule has 4 aromatic rings. The lowest BCUT2D eigenvalue weighted by molar-refractivity contribution is 0.102. The van der Waals surface area contributed by atoms with Crippen LogP contribution in [0.5, 0.6) is 11.5 Å². The molecule has 202 valence electrons. The highest BCUT2D eigenvalue weighted by atomic mass is 35.5. The van der Waals surface area contributed by atoms with Crippen LogP contribution < -0.4 is 10.1 Å². The Morgan fingerprint density at radius 1 is 1.00 bits per heavy atom. The van der Waals surface area contributed by atoms with Gasteiger partial charge in [-0.25, -0.2) is 0 Å². The predicted molar refractivity (Wildman–Crippen MR) is 151 cm³/mol. The molecular formula is C27H23Cl2N3O6S. The van der Waals surface area contributed by atoms with Gasteiger partial charge in [0, 0.05) is 10.4 Å². The summed E-state index contributed by atoms with van der Waals surface area (Å²) in [6.07, 6.45) is 0.414. The Bertz CT molecular complexity index is 1720. The molecule has 0 spiro atoms. The molecule has 0 aliphatic rings. The molecule has 0 atom stereocenters. The summed E-state index contributed by atoms with van der Waals surface area (Å²) in [5.41, 5.74) is 0.237. The van der Waals surface area contributed by atoms with Gasteiger partial charge in [0.2, 0.25) is 0 Å². The largest absolute Gasteiger partial charge is 0.505 e. The molecule has 0 saturated heterocycles. The number of hydrogen-bond acceptors (Lipinski definition) is 7. The first-order valence-corrected chi connectivity index (χ1v) is 13.9. The lowest BCUT2D eigenvalue weighted by Crippen LogP contribution is -2.14. The SMILES string of the molecule is CCOc1cccc(Cl)c1NC(=O)c1cc2ccccc2c(N=Nc2cc(Cl)c(CC)cc2S(=O)(=O)O)c1O. The van der Waals surface area contributed by atoms with Gasteiger partial charge in [-0.1, -0.05) is 60.5 Å². The molecule has 0 aliphatic heterocycles. The van der Waals surface area contributed by atoms with Gasteiger partial charge in [0.15, 0.2) is 5.75 Å². The number of fused-ring (bicyclic) bond motifs is 1. The number of halogens is 2. The number of nitrogens with one attached hydrogen (secondary N) is 1. The highest BCUT2D eigenvalue weighted by Crippen LogP contribution is 2.41. The van der Waals surface area contributed by atoms with Crippen LogP contribution in [0.2, 0.25) is 10.0 Å². The van der Waals surface area contributed by atoms with Gasteiger partial charge < -0.3 is 15.2 Å². The van der Waals surface area contributed by atoms with Gasteiger partial charge in [-0.3, -0.25) is 9.35 Å². The quantitative estimate of drug-likeness (QED) is 0.142. The first kappa shape index (κ1) is 28.3. The molecule has 0 saturated carbocycles. The van der Waals surface area contributed by atoms with E-state index in [-0.39, 0.29) is 32.7 Å². The second-order valence-corrected chi connectivity index (χ2v) is 10.5. The molecule has 1 amide bonds. The highest BCUT2D eigenvalue weighted by molar-refractivity contribution is 7.86. The molecule has 12 heteroatoms. The fourth-order valence-electron chi connectivity index (χ4n) is 3.92.